The minimum atomic E-state index is -0.708. The number of hydrogen-bond acceptors (Lipinski definition) is 5. The van der Waals surface area contributed by atoms with Crippen LogP contribution in [-0.2, 0) is 9.53 Å². The number of hydrazine groups is 1. The molecular formula is C16H28FN3O2. The third-order valence-electron chi connectivity index (χ3n) is 5.30. The third-order valence-corrected chi connectivity index (χ3v) is 5.30. The smallest absolute Gasteiger partial charge is 0.310 e. The largest absolute Gasteiger partial charge is 0.462 e. The van der Waals surface area contributed by atoms with Crippen LogP contribution >= 0.6 is 0 Å². The number of ether oxygens (including phenoxy) is 1. The molecule has 2 heterocycles. The second kappa shape index (κ2) is 7.70. The summed E-state index contributed by atoms with van der Waals surface area (Å²) in [4.78, 5) is 12.0. The molecule has 0 aromatic rings. The molecule has 0 bridgehead atoms. The van der Waals surface area contributed by atoms with E-state index < -0.39 is 6.17 Å². The predicted octanol–water partition coefficient (Wildman–Crippen LogP) is 1.15. The molecule has 3 N–H and O–H groups in total. The lowest BCUT2D eigenvalue weighted by Crippen LogP contribution is -2.45. The topological polar surface area (TPSA) is 62.4 Å². The maximum Gasteiger partial charge on any atom is 0.310 e. The highest BCUT2D eigenvalue weighted by Gasteiger charge is 2.41. The van der Waals surface area contributed by atoms with Crippen molar-refractivity contribution in [1.82, 2.24) is 16.2 Å². The lowest BCUT2D eigenvalue weighted by molar-refractivity contribution is -0.169. The van der Waals surface area contributed by atoms with Gasteiger partial charge in [0.15, 0.2) is 0 Å². The number of hydrogen-bond donors (Lipinski definition) is 3. The zero-order valence-corrected chi connectivity index (χ0v) is 13.2. The van der Waals surface area contributed by atoms with Crippen LogP contribution < -0.4 is 16.2 Å². The fourth-order valence-electron chi connectivity index (χ4n) is 3.96. The Bertz CT molecular complexity index is 376. The molecule has 4 atom stereocenters. The molecule has 4 unspecified atom stereocenters. The number of alkyl halides is 1. The molecule has 2 saturated heterocycles. The molecule has 0 amide bonds. The van der Waals surface area contributed by atoms with Crippen LogP contribution in [0.15, 0.2) is 0 Å². The molecule has 0 spiro atoms. The van der Waals surface area contributed by atoms with E-state index in [0.29, 0.717) is 31.7 Å². The van der Waals surface area contributed by atoms with E-state index in [2.05, 4.69) is 16.2 Å². The molecule has 22 heavy (non-hydrogen) atoms. The minimum absolute atomic E-state index is 0.0295. The number of nitrogens with one attached hydrogen (secondary N) is 3. The molecular weight excluding hydrogens is 285 g/mol. The van der Waals surface area contributed by atoms with Gasteiger partial charge in [-0.2, -0.15) is 0 Å². The van der Waals surface area contributed by atoms with E-state index in [9.17, 15) is 9.18 Å². The number of halogens is 1. The average molecular weight is 313 g/mol. The number of rotatable bonds is 6. The Balaban J connectivity index is 1.34. The molecule has 1 saturated carbocycles. The summed E-state index contributed by atoms with van der Waals surface area (Å²) in [6, 6.07) is 0. The first-order valence-corrected chi connectivity index (χ1v) is 8.73. The van der Waals surface area contributed by atoms with Crippen molar-refractivity contribution in [1.29, 1.82) is 0 Å². The maximum absolute atomic E-state index is 13.5. The van der Waals surface area contributed by atoms with Crippen molar-refractivity contribution in [2.24, 2.45) is 17.8 Å². The van der Waals surface area contributed by atoms with Gasteiger partial charge < -0.3 is 10.1 Å². The Labute approximate surface area is 131 Å². The van der Waals surface area contributed by atoms with Gasteiger partial charge in [0.1, 0.15) is 12.3 Å². The molecule has 1 aliphatic carbocycles. The molecule has 0 aromatic carbocycles. The first-order valence-electron chi connectivity index (χ1n) is 8.73. The number of fused-ring (bicyclic) bond motifs is 1. The van der Waals surface area contributed by atoms with Gasteiger partial charge >= 0.3 is 5.97 Å². The fourth-order valence-corrected chi connectivity index (χ4v) is 3.96. The van der Waals surface area contributed by atoms with Gasteiger partial charge in [-0.1, -0.05) is 0 Å². The van der Waals surface area contributed by atoms with Gasteiger partial charge in [0.05, 0.1) is 5.92 Å². The monoisotopic (exact) mass is 313 g/mol. The van der Waals surface area contributed by atoms with Crippen molar-refractivity contribution in [3.8, 4) is 0 Å². The highest BCUT2D eigenvalue weighted by Crippen LogP contribution is 2.37. The van der Waals surface area contributed by atoms with Crippen molar-refractivity contribution in [3.05, 3.63) is 0 Å². The second-order valence-corrected chi connectivity index (χ2v) is 7.05. The summed E-state index contributed by atoms with van der Waals surface area (Å²) in [5.74, 6) is 0.756. The molecule has 3 rings (SSSR count). The average Bonchev–Trinajstić information content (AvgIpc) is 3.01. The Morgan fingerprint density at radius 2 is 2.05 bits per heavy atom. The molecule has 3 aliphatic rings. The van der Waals surface area contributed by atoms with Gasteiger partial charge in [-0.15, -0.1) is 0 Å². The highest BCUT2D eigenvalue weighted by atomic mass is 19.1. The first kappa shape index (κ1) is 16.1. The second-order valence-electron chi connectivity index (χ2n) is 7.05. The van der Waals surface area contributed by atoms with Crippen LogP contribution in [0.3, 0.4) is 0 Å². The summed E-state index contributed by atoms with van der Waals surface area (Å²) in [6.07, 6.45) is 4.16. The molecule has 6 heteroatoms. The summed E-state index contributed by atoms with van der Waals surface area (Å²) < 4.78 is 19.0. The molecule has 0 radical (unpaired) electrons. The Kier molecular flexibility index (Phi) is 5.66. The van der Waals surface area contributed by atoms with Crippen LogP contribution in [0.25, 0.3) is 0 Å². The van der Waals surface area contributed by atoms with E-state index in [0.717, 1.165) is 32.5 Å². The Morgan fingerprint density at radius 1 is 1.23 bits per heavy atom. The van der Waals surface area contributed by atoms with E-state index in [1.165, 1.54) is 6.42 Å². The maximum atomic E-state index is 13.5. The van der Waals surface area contributed by atoms with Gasteiger partial charge in [0.2, 0.25) is 0 Å². The molecule has 2 aliphatic heterocycles. The molecule has 126 valence electrons. The van der Waals surface area contributed by atoms with Crippen LogP contribution in [0.4, 0.5) is 4.39 Å². The summed E-state index contributed by atoms with van der Waals surface area (Å²) in [7, 11) is 0. The van der Waals surface area contributed by atoms with E-state index in [4.69, 9.17) is 4.74 Å². The van der Waals surface area contributed by atoms with Crippen molar-refractivity contribution in [2.75, 3.05) is 26.2 Å². The Hall–Kier alpha value is -0.720. The van der Waals surface area contributed by atoms with Crippen molar-refractivity contribution < 1.29 is 13.9 Å². The van der Waals surface area contributed by atoms with Crippen LogP contribution in [0.5, 0.6) is 0 Å². The van der Waals surface area contributed by atoms with Crippen molar-refractivity contribution in [3.63, 3.8) is 0 Å². The van der Waals surface area contributed by atoms with Crippen LogP contribution in [-0.4, -0.2) is 44.4 Å². The first-order chi connectivity index (χ1) is 10.7. The summed E-state index contributed by atoms with van der Waals surface area (Å²) >= 11 is 0. The van der Waals surface area contributed by atoms with Gasteiger partial charge in [0.25, 0.3) is 0 Å². The van der Waals surface area contributed by atoms with Crippen LogP contribution in [0.2, 0.25) is 0 Å². The van der Waals surface area contributed by atoms with Crippen molar-refractivity contribution in [2.45, 2.75) is 50.8 Å². The zero-order chi connectivity index (χ0) is 15.4. The lowest BCUT2D eigenvalue weighted by atomic mass is 9.77. The van der Waals surface area contributed by atoms with Gasteiger partial charge in [0, 0.05) is 19.6 Å². The molecule has 5 nitrogen and oxygen atoms in total. The summed E-state index contributed by atoms with van der Waals surface area (Å²) in [6.45, 7) is 3.69. The number of esters is 1. The van der Waals surface area contributed by atoms with Crippen LogP contribution in [0.1, 0.15) is 38.5 Å². The van der Waals surface area contributed by atoms with Crippen molar-refractivity contribution >= 4 is 5.97 Å². The predicted molar refractivity (Wildman–Crippen MR) is 81.8 cm³/mol. The number of carbonyl (C=O) groups excluding carboxylic acids is 1. The fraction of sp³-hybridized carbons (Fsp3) is 0.938. The van der Waals surface area contributed by atoms with E-state index in [-0.39, 0.29) is 23.9 Å². The number of carbonyl (C=O) groups is 1. The molecule has 3 fully saturated rings. The third kappa shape index (κ3) is 4.18. The van der Waals surface area contributed by atoms with E-state index >= 15 is 0 Å². The lowest BCUT2D eigenvalue weighted by Gasteiger charge is -2.39. The van der Waals surface area contributed by atoms with Gasteiger partial charge in [-0.3, -0.25) is 15.6 Å². The SMILES string of the molecule is O=C1OC2CCC(F)CC2CC1CNCCCC1CNNC1. The van der Waals surface area contributed by atoms with E-state index in [1.807, 2.05) is 0 Å². The Morgan fingerprint density at radius 3 is 2.86 bits per heavy atom. The standard InChI is InChI=1S/C16H28FN3O2/c17-14-3-4-15-12(7-14)6-13(16(21)22-15)10-18-5-1-2-11-8-19-20-9-11/h11-15,18-20H,1-10H2. The molecule has 0 aromatic heterocycles. The van der Waals surface area contributed by atoms with E-state index in [1.54, 1.807) is 0 Å². The quantitative estimate of drug-likeness (QED) is 0.507. The highest BCUT2D eigenvalue weighted by molar-refractivity contribution is 5.73. The summed E-state index contributed by atoms with van der Waals surface area (Å²) in [5, 5.41) is 3.38. The minimum Gasteiger partial charge on any atom is -0.462 e. The zero-order valence-electron chi connectivity index (χ0n) is 13.2. The van der Waals surface area contributed by atoms with Gasteiger partial charge in [-0.05, 0) is 56.9 Å². The van der Waals surface area contributed by atoms with Crippen LogP contribution in [0, 0.1) is 17.8 Å². The summed E-state index contributed by atoms with van der Waals surface area (Å²) in [5.41, 5.74) is 6.28. The normalized spacial score (nSPS) is 36.1. The van der Waals surface area contributed by atoms with Gasteiger partial charge in [-0.25, -0.2) is 4.39 Å².